The Morgan fingerprint density at radius 3 is 2.39 bits per heavy atom. The highest BCUT2D eigenvalue weighted by Gasteiger charge is 2.36. The molecule has 38 heavy (non-hydrogen) atoms. The maximum atomic E-state index is 14.7. The van der Waals surface area contributed by atoms with E-state index in [1.54, 1.807) is 12.1 Å². The summed E-state index contributed by atoms with van der Waals surface area (Å²) in [6.07, 6.45) is 7.11. The lowest BCUT2D eigenvalue weighted by Gasteiger charge is -2.45. The average Bonchev–Trinajstić information content (AvgIpc) is 2.91. The second-order valence-corrected chi connectivity index (χ2v) is 11.7. The van der Waals surface area contributed by atoms with Gasteiger partial charge in [-0.15, -0.1) is 0 Å². The van der Waals surface area contributed by atoms with Crippen LogP contribution in [0.4, 0.5) is 4.39 Å². The number of fused-ring (bicyclic) bond motifs is 1. The van der Waals surface area contributed by atoms with Gasteiger partial charge in [0.05, 0.1) is 0 Å². The van der Waals surface area contributed by atoms with Gasteiger partial charge in [0.15, 0.2) is 0 Å². The molecule has 4 heteroatoms. The third-order valence-electron chi connectivity index (χ3n) is 8.77. The first-order chi connectivity index (χ1) is 18.5. The SMILES string of the molecule is Cc1ccc(C)c(CN2CCC3(CCCCc4ccccc4OCCN(Cc4ccccc4F)C3)CC2)c1. The Bertz CT molecular complexity index is 1200. The fourth-order valence-corrected chi connectivity index (χ4v) is 6.39. The Kier molecular flexibility index (Phi) is 8.81. The monoisotopic (exact) mass is 514 g/mol. The molecule has 0 bridgehead atoms. The lowest BCUT2D eigenvalue weighted by atomic mass is 9.73. The highest BCUT2D eigenvalue weighted by molar-refractivity contribution is 5.33. The van der Waals surface area contributed by atoms with Gasteiger partial charge >= 0.3 is 0 Å². The van der Waals surface area contributed by atoms with Crippen LogP contribution < -0.4 is 4.74 Å². The third kappa shape index (κ3) is 6.84. The molecule has 1 fully saturated rings. The number of likely N-dealkylation sites (tertiary alicyclic amines) is 1. The molecule has 2 aliphatic rings. The zero-order valence-electron chi connectivity index (χ0n) is 23.2. The van der Waals surface area contributed by atoms with Crippen LogP contribution in [0.15, 0.2) is 66.7 Å². The molecule has 202 valence electrons. The van der Waals surface area contributed by atoms with Crippen LogP contribution in [0.25, 0.3) is 0 Å². The van der Waals surface area contributed by atoms with E-state index in [-0.39, 0.29) is 11.2 Å². The van der Waals surface area contributed by atoms with Crippen LogP contribution >= 0.6 is 0 Å². The van der Waals surface area contributed by atoms with E-state index in [2.05, 4.69) is 66.1 Å². The minimum absolute atomic E-state index is 0.109. The lowest BCUT2D eigenvalue weighted by Crippen LogP contribution is -2.47. The predicted octanol–water partition coefficient (Wildman–Crippen LogP) is 7.33. The largest absolute Gasteiger partial charge is 0.492 e. The lowest BCUT2D eigenvalue weighted by molar-refractivity contribution is 0.0406. The number of piperidine rings is 1. The zero-order valence-corrected chi connectivity index (χ0v) is 23.2. The fraction of sp³-hybridized carbons (Fsp3) is 0.471. The summed E-state index contributed by atoms with van der Waals surface area (Å²) >= 11 is 0. The van der Waals surface area contributed by atoms with Crippen molar-refractivity contribution in [1.82, 2.24) is 9.80 Å². The average molecular weight is 515 g/mol. The van der Waals surface area contributed by atoms with Gasteiger partial charge in [0.1, 0.15) is 18.2 Å². The Labute approximate surface area is 228 Å². The van der Waals surface area contributed by atoms with Gasteiger partial charge in [0.25, 0.3) is 0 Å². The molecule has 0 aliphatic carbocycles. The van der Waals surface area contributed by atoms with Crippen LogP contribution in [0, 0.1) is 25.1 Å². The summed E-state index contributed by atoms with van der Waals surface area (Å²) in [5.74, 6) is 0.899. The Morgan fingerprint density at radius 1 is 0.789 bits per heavy atom. The number of ether oxygens (including phenoxy) is 1. The molecule has 0 radical (unpaired) electrons. The number of rotatable bonds is 4. The first kappa shape index (κ1) is 26.9. The van der Waals surface area contributed by atoms with E-state index in [1.165, 1.54) is 54.4 Å². The van der Waals surface area contributed by atoms with Crippen molar-refractivity contribution in [3.05, 3.63) is 100 Å². The summed E-state index contributed by atoms with van der Waals surface area (Å²) in [4.78, 5) is 5.10. The minimum Gasteiger partial charge on any atom is -0.492 e. The summed E-state index contributed by atoms with van der Waals surface area (Å²) in [5, 5.41) is 0. The van der Waals surface area contributed by atoms with Crippen LogP contribution in [-0.4, -0.2) is 42.6 Å². The van der Waals surface area contributed by atoms with Crippen molar-refractivity contribution < 1.29 is 9.13 Å². The normalized spacial score (nSPS) is 19.2. The number of nitrogens with zero attached hydrogens (tertiary/aromatic N) is 2. The van der Waals surface area contributed by atoms with Gasteiger partial charge in [0, 0.05) is 31.7 Å². The van der Waals surface area contributed by atoms with E-state index in [0.29, 0.717) is 13.2 Å². The molecule has 3 aromatic rings. The van der Waals surface area contributed by atoms with Crippen LogP contribution in [0.5, 0.6) is 5.75 Å². The Morgan fingerprint density at radius 2 is 1.55 bits per heavy atom. The van der Waals surface area contributed by atoms with E-state index in [0.717, 1.165) is 50.5 Å². The van der Waals surface area contributed by atoms with E-state index >= 15 is 0 Å². The molecule has 0 atom stereocenters. The maximum absolute atomic E-state index is 14.7. The number of para-hydroxylation sites is 1. The molecule has 0 saturated carbocycles. The molecule has 0 amide bonds. The van der Waals surface area contributed by atoms with Crippen molar-refractivity contribution in [3.63, 3.8) is 0 Å². The van der Waals surface area contributed by atoms with Crippen molar-refractivity contribution in [2.45, 2.75) is 65.5 Å². The van der Waals surface area contributed by atoms with Crippen LogP contribution in [0.3, 0.4) is 0 Å². The smallest absolute Gasteiger partial charge is 0.127 e. The zero-order chi connectivity index (χ0) is 26.4. The van der Waals surface area contributed by atoms with E-state index in [1.807, 2.05) is 12.1 Å². The summed E-state index contributed by atoms with van der Waals surface area (Å²) in [7, 11) is 0. The second-order valence-electron chi connectivity index (χ2n) is 11.7. The minimum atomic E-state index is -0.109. The van der Waals surface area contributed by atoms with Crippen LogP contribution in [-0.2, 0) is 19.5 Å². The molecule has 0 aromatic heterocycles. The van der Waals surface area contributed by atoms with Gasteiger partial charge < -0.3 is 4.74 Å². The number of hydrogen-bond acceptors (Lipinski definition) is 3. The van der Waals surface area contributed by atoms with Crippen molar-refractivity contribution >= 4 is 0 Å². The highest BCUT2D eigenvalue weighted by Crippen LogP contribution is 2.39. The van der Waals surface area contributed by atoms with Gasteiger partial charge in [-0.25, -0.2) is 4.39 Å². The number of benzene rings is 3. The van der Waals surface area contributed by atoms with Crippen LogP contribution in [0.2, 0.25) is 0 Å². The highest BCUT2D eigenvalue weighted by atomic mass is 19.1. The summed E-state index contributed by atoms with van der Waals surface area (Å²) in [5.41, 5.74) is 6.54. The topological polar surface area (TPSA) is 15.7 Å². The van der Waals surface area contributed by atoms with Gasteiger partial charge in [0.2, 0.25) is 0 Å². The first-order valence-electron chi connectivity index (χ1n) is 14.4. The summed E-state index contributed by atoms with van der Waals surface area (Å²) < 4.78 is 21.0. The number of hydrogen-bond donors (Lipinski definition) is 0. The Hall–Kier alpha value is -2.69. The summed E-state index contributed by atoms with van der Waals surface area (Å²) in [6.45, 7) is 10.8. The summed E-state index contributed by atoms with van der Waals surface area (Å²) in [6, 6.07) is 22.5. The molecule has 0 N–H and O–H groups in total. The standard InChI is InChI=1S/C34H43FN2O/c1-27-14-15-28(2)31(23-27)25-36-19-17-34(18-20-36)16-8-7-10-29-9-4-6-13-33(29)38-22-21-37(26-34)24-30-11-3-5-12-32(30)35/h3-6,9,11-15,23H,7-8,10,16-22,24-26H2,1-2H3. The first-order valence-corrected chi connectivity index (χ1v) is 14.4. The van der Waals surface area contributed by atoms with Gasteiger partial charge in [-0.3, -0.25) is 9.80 Å². The molecule has 5 rings (SSSR count). The quantitative estimate of drug-likeness (QED) is 0.362. The molecule has 3 aromatic carbocycles. The van der Waals surface area contributed by atoms with E-state index < -0.39 is 0 Å². The van der Waals surface area contributed by atoms with Crippen LogP contribution in [0.1, 0.15) is 59.9 Å². The molecule has 2 aliphatic heterocycles. The van der Waals surface area contributed by atoms with Gasteiger partial charge in [-0.05, 0) is 93.3 Å². The molecule has 1 saturated heterocycles. The fourth-order valence-electron chi connectivity index (χ4n) is 6.39. The van der Waals surface area contributed by atoms with Gasteiger partial charge in [-0.1, -0.05) is 66.6 Å². The molecule has 2 heterocycles. The molecule has 0 unspecified atom stereocenters. The maximum Gasteiger partial charge on any atom is 0.127 e. The molecule has 1 spiro atoms. The Balaban J connectivity index is 1.32. The van der Waals surface area contributed by atoms with E-state index in [4.69, 9.17) is 4.74 Å². The second kappa shape index (κ2) is 12.4. The molecular formula is C34H43FN2O. The van der Waals surface area contributed by atoms with Crippen molar-refractivity contribution in [2.75, 3.05) is 32.8 Å². The predicted molar refractivity (Wildman–Crippen MR) is 154 cm³/mol. The number of halogens is 1. The van der Waals surface area contributed by atoms with Gasteiger partial charge in [-0.2, -0.15) is 0 Å². The number of aryl methyl sites for hydroxylation is 3. The van der Waals surface area contributed by atoms with Crippen molar-refractivity contribution in [1.29, 1.82) is 0 Å². The molecular weight excluding hydrogens is 471 g/mol. The third-order valence-corrected chi connectivity index (χ3v) is 8.77. The van der Waals surface area contributed by atoms with Crippen molar-refractivity contribution in [2.24, 2.45) is 5.41 Å². The van der Waals surface area contributed by atoms with Crippen molar-refractivity contribution in [3.8, 4) is 5.75 Å². The molecule has 3 nitrogen and oxygen atoms in total. The van der Waals surface area contributed by atoms with E-state index in [9.17, 15) is 4.39 Å².